The highest BCUT2D eigenvalue weighted by molar-refractivity contribution is 5.45. The molecule has 0 fully saturated rings. The minimum Gasteiger partial charge on any atom is -0.493 e. The van der Waals surface area contributed by atoms with Crippen molar-refractivity contribution in [2.75, 3.05) is 20.3 Å². The van der Waals surface area contributed by atoms with Crippen LogP contribution in [-0.2, 0) is 0 Å². The summed E-state index contributed by atoms with van der Waals surface area (Å²) in [6.45, 7) is 2.98. The van der Waals surface area contributed by atoms with E-state index in [9.17, 15) is 0 Å². The molecule has 0 saturated heterocycles. The maximum atomic E-state index is 5.73. The lowest BCUT2D eigenvalue weighted by atomic mass is 10.2. The molecule has 0 aromatic heterocycles. The average molecular weight is 258 g/mol. The van der Waals surface area contributed by atoms with Gasteiger partial charge in [0.1, 0.15) is 19.0 Å². The smallest absolute Gasteiger partial charge is 0.164 e. The Balaban J connectivity index is 1.86. The van der Waals surface area contributed by atoms with Crippen LogP contribution in [-0.4, -0.2) is 20.3 Å². The number of ether oxygens (including phenoxy) is 3. The Kier molecular flexibility index (Phi) is 4.67. The molecule has 0 atom stereocenters. The van der Waals surface area contributed by atoms with Gasteiger partial charge in [0.25, 0.3) is 0 Å². The zero-order valence-electron chi connectivity index (χ0n) is 11.3. The lowest BCUT2D eigenvalue weighted by Gasteiger charge is -2.13. The fourth-order valence-corrected chi connectivity index (χ4v) is 1.79. The second-order valence-corrected chi connectivity index (χ2v) is 4.12. The number of hydrogen-bond donors (Lipinski definition) is 0. The molecule has 0 aliphatic carbocycles. The standard InChI is InChI=1S/C16H18O3/c1-13-7-6-10-15(17-2)16(13)19-12-11-18-14-8-4-3-5-9-14/h3-10H,11-12H2,1-2H3. The van der Waals surface area contributed by atoms with Gasteiger partial charge >= 0.3 is 0 Å². The van der Waals surface area contributed by atoms with Crippen LogP contribution >= 0.6 is 0 Å². The van der Waals surface area contributed by atoms with E-state index >= 15 is 0 Å². The van der Waals surface area contributed by atoms with E-state index in [4.69, 9.17) is 14.2 Å². The molecule has 0 radical (unpaired) electrons. The Morgan fingerprint density at radius 2 is 1.58 bits per heavy atom. The van der Waals surface area contributed by atoms with Gasteiger partial charge in [-0.2, -0.15) is 0 Å². The Hall–Kier alpha value is -2.16. The minimum absolute atomic E-state index is 0.482. The van der Waals surface area contributed by atoms with Crippen LogP contribution < -0.4 is 14.2 Å². The third-order valence-electron chi connectivity index (χ3n) is 2.74. The maximum absolute atomic E-state index is 5.73. The maximum Gasteiger partial charge on any atom is 0.164 e. The fourth-order valence-electron chi connectivity index (χ4n) is 1.79. The number of rotatable bonds is 6. The van der Waals surface area contributed by atoms with Crippen LogP contribution in [0.4, 0.5) is 0 Å². The molecule has 19 heavy (non-hydrogen) atoms. The summed E-state index contributed by atoms with van der Waals surface area (Å²) in [4.78, 5) is 0. The Morgan fingerprint density at radius 1 is 0.842 bits per heavy atom. The molecule has 3 heteroatoms. The van der Waals surface area contributed by atoms with Crippen LogP contribution in [0.25, 0.3) is 0 Å². The molecule has 3 nitrogen and oxygen atoms in total. The Bertz CT molecular complexity index is 509. The van der Waals surface area contributed by atoms with E-state index in [1.165, 1.54) is 0 Å². The summed E-state index contributed by atoms with van der Waals surface area (Å²) in [6.07, 6.45) is 0. The molecule has 0 aliphatic heterocycles. The molecular formula is C16H18O3. The molecule has 0 heterocycles. The number of hydrogen-bond acceptors (Lipinski definition) is 3. The van der Waals surface area contributed by atoms with Crippen molar-refractivity contribution >= 4 is 0 Å². The molecule has 0 unspecified atom stereocenters. The van der Waals surface area contributed by atoms with Gasteiger partial charge in [0.05, 0.1) is 7.11 Å². The first kappa shape index (κ1) is 13.3. The van der Waals surface area contributed by atoms with Gasteiger partial charge in [-0.1, -0.05) is 30.3 Å². The molecule has 2 aromatic rings. The van der Waals surface area contributed by atoms with Crippen LogP contribution in [0, 0.1) is 6.92 Å². The predicted molar refractivity (Wildman–Crippen MR) is 75.2 cm³/mol. The largest absolute Gasteiger partial charge is 0.493 e. The molecule has 0 spiro atoms. The molecule has 0 N–H and O–H groups in total. The fraction of sp³-hybridized carbons (Fsp3) is 0.250. The highest BCUT2D eigenvalue weighted by Gasteiger charge is 2.06. The first-order chi connectivity index (χ1) is 9.31. The van der Waals surface area contributed by atoms with E-state index in [0.29, 0.717) is 13.2 Å². The average Bonchev–Trinajstić information content (AvgIpc) is 2.46. The molecule has 0 aliphatic rings. The van der Waals surface area contributed by atoms with Crippen LogP contribution in [0.2, 0.25) is 0 Å². The van der Waals surface area contributed by atoms with E-state index in [2.05, 4.69) is 0 Å². The zero-order chi connectivity index (χ0) is 13.5. The van der Waals surface area contributed by atoms with E-state index in [1.54, 1.807) is 7.11 Å². The van der Waals surface area contributed by atoms with Crippen molar-refractivity contribution < 1.29 is 14.2 Å². The van der Waals surface area contributed by atoms with Gasteiger partial charge in [-0.3, -0.25) is 0 Å². The van der Waals surface area contributed by atoms with Gasteiger partial charge in [0.2, 0.25) is 0 Å². The van der Waals surface area contributed by atoms with Crippen molar-refractivity contribution in [2.45, 2.75) is 6.92 Å². The van der Waals surface area contributed by atoms with Crippen molar-refractivity contribution in [1.82, 2.24) is 0 Å². The number of aryl methyl sites for hydroxylation is 1. The van der Waals surface area contributed by atoms with Crippen molar-refractivity contribution in [1.29, 1.82) is 0 Å². The SMILES string of the molecule is COc1cccc(C)c1OCCOc1ccccc1. The van der Waals surface area contributed by atoms with Crippen LogP contribution in [0.3, 0.4) is 0 Å². The summed E-state index contributed by atoms with van der Waals surface area (Å²) >= 11 is 0. The van der Waals surface area contributed by atoms with E-state index in [-0.39, 0.29) is 0 Å². The zero-order valence-corrected chi connectivity index (χ0v) is 11.3. The Labute approximate surface area is 113 Å². The first-order valence-corrected chi connectivity index (χ1v) is 6.25. The molecule has 0 saturated carbocycles. The topological polar surface area (TPSA) is 27.7 Å². The minimum atomic E-state index is 0.482. The molecule has 0 bridgehead atoms. The molecule has 2 aromatic carbocycles. The van der Waals surface area contributed by atoms with E-state index < -0.39 is 0 Å². The normalized spacial score (nSPS) is 10.0. The summed E-state index contributed by atoms with van der Waals surface area (Å²) < 4.78 is 16.6. The lowest BCUT2D eigenvalue weighted by molar-refractivity contribution is 0.210. The van der Waals surface area contributed by atoms with Crippen LogP contribution in [0.1, 0.15) is 5.56 Å². The second-order valence-electron chi connectivity index (χ2n) is 4.12. The van der Waals surface area contributed by atoms with Gasteiger partial charge < -0.3 is 14.2 Å². The summed E-state index contributed by atoms with van der Waals surface area (Å²) in [5.74, 6) is 2.38. The van der Waals surface area contributed by atoms with Crippen LogP contribution in [0.5, 0.6) is 17.2 Å². The molecule has 2 rings (SSSR count). The first-order valence-electron chi connectivity index (χ1n) is 6.25. The Morgan fingerprint density at radius 3 is 2.32 bits per heavy atom. The third kappa shape index (κ3) is 3.65. The number of methoxy groups -OCH3 is 1. The number of para-hydroxylation sites is 2. The van der Waals surface area contributed by atoms with E-state index in [1.807, 2.05) is 55.5 Å². The number of benzene rings is 2. The van der Waals surface area contributed by atoms with Gasteiger partial charge in [-0.05, 0) is 30.7 Å². The predicted octanol–water partition coefficient (Wildman–Crippen LogP) is 3.46. The second kappa shape index (κ2) is 6.69. The van der Waals surface area contributed by atoms with Crippen molar-refractivity contribution in [3.8, 4) is 17.2 Å². The lowest BCUT2D eigenvalue weighted by Crippen LogP contribution is -2.10. The summed E-state index contributed by atoms with van der Waals surface area (Å²) in [5.41, 5.74) is 1.05. The van der Waals surface area contributed by atoms with Gasteiger partial charge in [0.15, 0.2) is 11.5 Å². The third-order valence-corrected chi connectivity index (χ3v) is 2.74. The molecule has 100 valence electrons. The summed E-state index contributed by atoms with van der Waals surface area (Å²) in [5, 5.41) is 0. The van der Waals surface area contributed by atoms with E-state index in [0.717, 1.165) is 22.8 Å². The van der Waals surface area contributed by atoms with Gasteiger partial charge in [-0.25, -0.2) is 0 Å². The summed E-state index contributed by atoms with van der Waals surface area (Å²) in [7, 11) is 1.64. The highest BCUT2D eigenvalue weighted by Crippen LogP contribution is 2.30. The highest BCUT2D eigenvalue weighted by atomic mass is 16.5. The monoisotopic (exact) mass is 258 g/mol. The molecular weight excluding hydrogens is 240 g/mol. The van der Waals surface area contributed by atoms with Crippen molar-refractivity contribution in [2.24, 2.45) is 0 Å². The van der Waals surface area contributed by atoms with Crippen LogP contribution in [0.15, 0.2) is 48.5 Å². The molecule has 0 amide bonds. The summed E-state index contributed by atoms with van der Waals surface area (Å²) in [6, 6.07) is 15.5. The quantitative estimate of drug-likeness (QED) is 0.743. The van der Waals surface area contributed by atoms with Gasteiger partial charge in [-0.15, -0.1) is 0 Å². The van der Waals surface area contributed by atoms with Crippen molar-refractivity contribution in [3.05, 3.63) is 54.1 Å². The van der Waals surface area contributed by atoms with Crippen molar-refractivity contribution in [3.63, 3.8) is 0 Å². The van der Waals surface area contributed by atoms with Gasteiger partial charge in [0, 0.05) is 0 Å².